The fourth-order valence-corrected chi connectivity index (χ4v) is 3.05. The van der Waals surface area contributed by atoms with Gasteiger partial charge >= 0.3 is 0 Å². The third-order valence-corrected chi connectivity index (χ3v) is 4.51. The van der Waals surface area contributed by atoms with Gasteiger partial charge in [-0.05, 0) is 43.7 Å². The minimum Gasteiger partial charge on any atom is -0.493 e. The quantitative estimate of drug-likeness (QED) is 0.347. The summed E-state index contributed by atoms with van der Waals surface area (Å²) in [5, 5.41) is 2.22. The lowest BCUT2D eigenvalue weighted by Crippen LogP contribution is -2.04. The summed E-state index contributed by atoms with van der Waals surface area (Å²) in [5.41, 5.74) is 1.19. The standard InChI is InChI=1S/C20H26Cl2O2/c1-2-16-15-19(23-13-7-5-11-21)17-9-3-4-10-18(17)20(16)24-14-8-6-12-22/h3-4,9-10,15H,2,5-8,11-14H2,1H3. The number of rotatable bonds is 11. The molecule has 2 nitrogen and oxygen atoms in total. The monoisotopic (exact) mass is 368 g/mol. The van der Waals surface area contributed by atoms with Crippen LogP contribution in [0.1, 0.15) is 38.2 Å². The zero-order valence-corrected chi connectivity index (χ0v) is 15.8. The third-order valence-electron chi connectivity index (χ3n) is 3.97. The van der Waals surface area contributed by atoms with Gasteiger partial charge in [0.1, 0.15) is 11.5 Å². The third kappa shape index (κ3) is 5.19. The van der Waals surface area contributed by atoms with E-state index in [0.29, 0.717) is 25.0 Å². The van der Waals surface area contributed by atoms with Crippen LogP contribution in [0.2, 0.25) is 0 Å². The Morgan fingerprint density at radius 2 is 1.46 bits per heavy atom. The highest BCUT2D eigenvalue weighted by atomic mass is 35.5. The lowest BCUT2D eigenvalue weighted by atomic mass is 10.0. The Balaban J connectivity index is 2.26. The number of hydrogen-bond acceptors (Lipinski definition) is 2. The van der Waals surface area contributed by atoms with E-state index in [1.54, 1.807) is 0 Å². The van der Waals surface area contributed by atoms with E-state index in [9.17, 15) is 0 Å². The van der Waals surface area contributed by atoms with Gasteiger partial charge in [0.2, 0.25) is 0 Å². The fourth-order valence-electron chi connectivity index (χ4n) is 2.67. The van der Waals surface area contributed by atoms with E-state index < -0.39 is 0 Å². The number of ether oxygens (including phenoxy) is 2. The van der Waals surface area contributed by atoms with Crippen molar-refractivity contribution in [1.29, 1.82) is 0 Å². The van der Waals surface area contributed by atoms with E-state index >= 15 is 0 Å². The predicted molar refractivity (Wildman–Crippen MR) is 104 cm³/mol. The van der Waals surface area contributed by atoms with Gasteiger partial charge in [-0.25, -0.2) is 0 Å². The van der Waals surface area contributed by atoms with Gasteiger partial charge in [0.05, 0.1) is 13.2 Å². The molecule has 0 unspecified atom stereocenters. The van der Waals surface area contributed by atoms with Crippen molar-refractivity contribution in [1.82, 2.24) is 0 Å². The van der Waals surface area contributed by atoms with Gasteiger partial charge in [-0.15, -0.1) is 23.2 Å². The van der Waals surface area contributed by atoms with E-state index in [-0.39, 0.29) is 0 Å². The molecule has 0 aromatic heterocycles. The first-order valence-corrected chi connectivity index (χ1v) is 9.80. The lowest BCUT2D eigenvalue weighted by Gasteiger charge is -2.17. The zero-order valence-electron chi connectivity index (χ0n) is 14.3. The number of benzene rings is 2. The zero-order chi connectivity index (χ0) is 17.2. The molecule has 0 N–H and O–H groups in total. The number of unbranched alkanes of at least 4 members (excludes halogenated alkanes) is 2. The Bertz CT molecular complexity index is 628. The van der Waals surface area contributed by atoms with Crippen molar-refractivity contribution in [2.24, 2.45) is 0 Å². The molecule has 0 fully saturated rings. The Morgan fingerprint density at radius 1 is 0.833 bits per heavy atom. The molecule has 0 atom stereocenters. The molecule has 0 bridgehead atoms. The van der Waals surface area contributed by atoms with Crippen LogP contribution < -0.4 is 9.47 Å². The highest BCUT2D eigenvalue weighted by molar-refractivity contribution is 6.18. The maximum Gasteiger partial charge on any atom is 0.130 e. The second-order valence-electron chi connectivity index (χ2n) is 5.75. The van der Waals surface area contributed by atoms with Gasteiger partial charge in [0.25, 0.3) is 0 Å². The van der Waals surface area contributed by atoms with E-state index in [2.05, 4.69) is 25.1 Å². The van der Waals surface area contributed by atoms with Gasteiger partial charge in [-0.2, -0.15) is 0 Å². The van der Waals surface area contributed by atoms with E-state index in [1.807, 2.05) is 12.1 Å². The van der Waals surface area contributed by atoms with Crippen LogP contribution in [0.4, 0.5) is 0 Å². The van der Waals surface area contributed by atoms with Gasteiger partial charge in [0, 0.05) is 22.5 Å². The Kier molecular flexibility index (Phi) is 8.55. The summed E-state index contributed by atoms with van der Waals surface area (Å²) in [6.07, 6.45) is 4.80. The molecular weight excluding hydrogens is 343 g/mol. The van der Waals surface area contributed by atoms with Gasteiger partial charge in [-0.1, -0.05) is 31.2 Å². The van der Waals surface area contributed by atoms with Crippen molar-refractivity contribution in [2.45, 2.75) is 39.0 Å². The largest absolute Gasteiger partial charge is 0.493 e. The van der Waals surface area contributed by atoms with Crippen molar-refractivity contribution < 1.29 is 9.47 Å². The molecule has 0 heterocycles. The molecule has 0 aliphatic heterocycles. The second kappa shape index (κ2) is 10.7. The molecule has 2 aromatic rings. The molecule has 0 aliphatic carbocycles. The molecule has 2 rings (SSSR count). The van der Waals surface area contributed by atoms with Crippen molar-refractivity contribution in [2.75, 3.05) is 25.0 Å². The van der Waals surface area contributed by atoms with Gasteiger partial charge < -0.3 is 9.47 Å². The molecule has 0 spiro atoms. The van der Waals surface area contributed by atoms with Crippen LogP contribution in [0, 0.1) is 0 Å². The topological polar surface area (TPSA) is 18.5 Å². The Morgan fingerprint density at radius 3 is 2.08 bits per heavy atom. The van der Waals surface area contributed by atoms with Crippen LogP contribution in [-0.4, -0.2) is 25.0 Å². The highest BCUT2D eigenvalue weighted by Gasteiger charge is 2.13. The van der Waals surface area contributed by atoms with Crippen molar-refractivity contribution in [3.63, 3.8) is 0 Å². The van der Waals surface area contributed by atoms with E-state index in [0.717, 1.165) is 54.4 Å². The average Bonchev–Trinajstić information content (AvgIpc) is 2.63. The average molecular weight is 369 g/mol. The number of fused-ring (bicyclic) bond motifs is 1. The molecule has 0 radical (unpaired) electrons. The first-order chi connectivity index (χ1) is 11.8. The molecule has 0 saturated carbocycles. The van der Waals surface area contributed by atoms with Gasteiger partial charge in [-0.3, -0.25) is 0 Å². The number of aryl methyl sites for hydroxylation is 1. The molecule has 0 saturated heterocycles. The van der Waals surface area contributed by atoms with Crippen LogP contribution in [0.3, 0.4) is 0 Å². The first-order valence-electron chi connectivity index (χ1n) is 8.74. The minimum absolute atomic E-state index is 0.680. The van der Waals surface area contributed by atoms with Crippen LogP contribution in [0.25, 0.3) is 10.8 Å². The Labute approximate surface area is 155 Å². The molecule has 0 aliphatic rings. The molecular formula is C20H26Cl2O2. The summed E-state index contributed by atoms with van der Waals surface area (Å²) >= 11 is 11.5. The van der Waals surface area contributed by atoms with E-state index in [1.165, 1.54) is 5.56 Å². The minimum atomic E-state index is 0.680. The summed E-state index contributed by atoms with van der Waals surface area (Å²) in [6, 6.07) is 10.4. The summed E-state index contributed by atoms with van der Waals surface area (Å²) < 4.78 is 12.1. The van der Waals surface area contributed by atoms with Crippen molar-refractivity contribution in [3.8, 4) is 11.5 Å². The molecule has 4 heteroatoms. The number of halogens is 2. The first kappa shape index (κ1) is 19.2. The van der Waals surface area contributed by atoms with Gasteiger partial charge in [0.15, 0.2) is 0 Å². The Hall–Kier alpha value is -1.12. The smallest absolute Gasteiger partial charge is 0.130 e. The van der Waals surface area contributed by atoms with Crippen molar-refractivity contribution in [3.05, 3.63) is 35.9 Å². The SMILES string of the molecule is CCc1cc(OCCCCCl)c2ccccc2c1OCCCCCl. The highest BCUT2D eigenvalue weighted by Crippen LogP contribution is 2.37. The number of alkyl halides is 2. The van der Waals surface area contributed by atoms with Crippen LogP contribution in [0.5, 0.6) is 11.5 Å². The van der Waals surface area contributed by atoms with Crippen LogP contribution in [0.15, 0.2) is 30.3 Å². The molecule has 24 heavy (non-hydrogen) atoms. The maximum atomic E-state index is 6.11. The normalized spacial score (nSPS) is 11.0. The molecule has 2 aromatic carbocycles. The van der Waals surface area contributed by atoms with Crippen LogP contribution >= 0.6 is 23.2 Å². The predicted octanol–water partition coefficient (Wildman–Crippen LogP) is 6.20. The molecule has 0 amide bonds. The summed E-state index contributed by atoms with van der Waals surface area (Å²) in [4.78, 5) is 0. The maximum absolute atomic E-state index is 6.11. The molecule has 132 valence electrons. The summed E-state index contributed by atoms with van der Waals surface area (Å²) in [6.45, 7) is 3.53. The van der Waals surface area contributed by atoms with Crippen LogP contribution in [-0.2, 0) is 6.42 Å². The summed E-state index contributed by atoms with van der Waals surface area (Å²) in [5.74, 6) is 3.28. The summed E-state index contributed by atoms with van der Waals surface area (Å²) in [7, 11) is 0. The fraction of sp³-hybridized carbons (Fsp3) is 0.500. The lowest BCUT2D eigenvalue weighted by molar-refractivity contribution is 0.304. The second-order valence-corrected chi connectivity index (χ2v) is 6.51. The van der Waals surface area contributed by atoms with E-state index in [4.69, 9.17) is 32.7 Å². The van der Waals surface area contributed by atoms with Crippen molar-refractivity contribution >= 4 is 34.0 Å². The number of hydrogen-bond donors (Lipinski definition) is 0.